The fourth-order valence-electron chi connectivity index (χ4n) is 5.93. The van der Waals surface area contributed by atoms with Crippen LogP contribution >= 0.6 is 11.8 Å². The topological polar surface area (TPSA) is 67.8 Å². The Morgan fingerprint density at radius 2 is 1.95 bits per heavy atom. The van der Waals surface area contributed by atoms with E-state index in [0.717, 1.165) is 35.8 Å². The van der Waals surface area contributed by atoms with Crippen molar-refractivity contribution < 1.29 is 9.90 Å². The summed E-state index contributed by atoms with van der Waals surface area (Å²) < 4.78 is 0. The number of carbonyl (C=O) groups is 1. The monoisotopic (exact) mass is 518 g/mol. The molecule has 1 saturated heterocycles. The molecule has 3 aliphatic heterocycles. The van der Waals surface area contributed by atoms with Crippen molar-refractivity contribution in [2.75, 3.05) is 26.5 Å². The van der Waals surface area contributed by atoms with Crippen molar-refractivity contribution in [3.8, 4) is 0 Å². The quantitative estimate of drug-likeness (QED) is 0.446. The van der Waals surface area contributed by atoms with E-state index in [1.807, 2.05) is 43.6 Å². The highest BCUT2D eigenvalue weighted by atomic mass is 32.2. The van der Waals surface area contributed by atoms with E-state index in [9.17, 15) is 9.90 Å². The van der Waals surface area contributed by atoms with Gasteiger partial charge >= 0.3 is 0 Å². The molecular formula is C30H38N4O2S. The van der Waals surface area contributed by atoms with Crippen molar-refractivity contribution >= 4 is 17.7 Å². The van der Waals surface area contributed by atoms with Crippen LogP contribution in [0.25, 0.3) is 0 Å². The lowest BCUT2D eigenvalue weighted by Crippen LogP contribution is -2.48. The first-order valence-electron chi connectivity index (χ1n) is 13.7. The lowest BCUT2D eigenvalue weighted by atomic mass is 9.94. The molecule has 3 unspecified atom stereocenters. The van der Waals surface area contributed by atoms with E-state index in [-0.39, 0.29) is 18.6 Å². The third-order valence-electron chi connectivity index (χ3n) is 8.46. The van der Waals surface area contributed by atoms with Gasteiger partial charge in [0.15, 0.2) is 0 Å². The zero-order chi connectivity index (χ0) is 25.5. The largest absolute Gasteiger partial charge is 0.394 e. The van der Waals surface area contributed by atoms with Gasteiger partial charge in [-0.25, -0.2) is 0 Å². The molecule has 1 aromatic rings. The van der Waals surface area contributed by atoms with Crippen molar-refractivity contribution in [3.05, 3.63) is 76.9 Å². The van der Waals surface area contributed by atoms with Crippen LogP contribution in [-0.2, 0) is 4.79 Å². The Kier molecular flexibility index (Phi) is 6.84. The van der Waals surface area contributed by atoms with Gasteiger partial charge in [-0.05, 0) is 98.6 Å². The minimum atomic E-state index is -0.434. The molecule has 6 nitrogen and oxygen atoms in total. The molecule has 37 heavy (non-hydrogen) atoms. The summed E-state index contributed by atoms with van der Waals surface area (Å²) >= 11 is 1.68. The first-order valence-corrected chi connectivity index (χ1v) is 15.0. The molecule has 3 fully saturated rings. The Labute approximate surface area is 224 Å². The molecule has 0 spiro atoms. The molecule has 2 aliphatic carbocycles. The van der Waals surface area contributed by atoms with Gasteiger partial charge in [0.25, 0.3) is 5.91 Å². The maximum Gasteiger partial charge on any atom is 0.268 e. The summed E-state index contributed by atoms with van der Waals surface area (Å²) in [6.07, 6.45) is 18.4. The number of thioether (sulfide) groups is 1. The van der Waals surface area contributed by atoms with Gasteiger partial charge in [0.2, 0.25) is 0 Å². The second kappa shape index (κ2) is 10.3. The number of rotatable bonds is 8. The Bertz CT molecular complexity index is 1160. The number of amides is 1. The van der Waals surface area contributed by atoms with Gasteiger partial charge in [-0.3, -0.25) is 4.79 Å². The number of piperidine rings is 1. The summed E-state index contributed by atoms with van der Waals surface area (Å²) in [5.41, 5.74) is 5.61. The van der Waals surface area contributed by atoms with Crippen molar-refractivity contribution in [2.24, 2.45) is 11.8 Å². The maximum atomic E-state index is 13.4. The standard InChI is InChI=1S/C30H38N4O2S/c1-33-27-4-3-15-34(22-16-24(19-5-6-19)31-25(17-22)20-7-8-20)28(27)13-14-29(33)30(36)32-26(18-35)21-9-11-23(37-2)12-10-21/h9-14,16-17,19-20,24,26-27,31,35H,3-8,15,18H2,1-2H3,(H,32,36). The van der Waals surface area contributed by atoms with E-state index in [0.29, 0.717) is 17.7 Å². The number of aliphatic hydroxyl groups is 1. The number of carbonyl (C=O) groups excluding carboxylic acids is 1. The van der Waals surface area contributed by atoms with E-state index in [1.54, 1.807) is 11.8 Å². The van der Waals surface area contributed by atoms with Gasteiger partial charge < -0.3 is 25.5 Å². The minimum Gasteiger partial charge on any atom is -0.394 e. The van der Waals surface area contributed by atoms with E-state index in [2.05, 4.69) is 38.7 Å². The number of nitrogens with one attached hydrogen (secondary N) is 2. The molecule has 7 heteroatoms. The Morgan fingerprint density at radius 1 is 1.16 bits per heavy atom. The average molecular weight is 519 g/mol. The number of hydrogen-bond donors (Lipinski definition) is 3. The minimum absolute atomic E-state index is 0.139. The highest BCUT2D eigenvalue weighted by Gasteiger charge is 2.39. The number of hydrogen-bond acceptors (Lipinski definition) is 6. The van der Waals surface area contributed by atoms with Crippen molar-refractivity contribution in [2.45, 2.75) is 61.5 Å². The molecule has 3 atom stereocenters. The molecule has 2 saturated carbocycles. The zero-order valence-electron chi connectivity index (χ0n) is 21.8. The van der Waals surface area contributed by atoms with Gasteiger partial charge in [-0.2, -0.15) is 0 Å². The molecule has 1 aromatic carbocycles. The van der Waals surface area contributed by atoms with Crippen molar-refractivity contribution in [3.63, 3.8) is 0 Å². The molecule has 1 amide bonds. The summed E-state index contributed by atoms with van der Waals surface area (Å²) in [4.78, 5) is 19.2. The van der Waals surface area contributed by atoms with Crippen molar-refractivity contribution in [1.82, 2.24) is 20.4 Å². The summed E-state index contributed by atoms with van der Waals surface area (Å²) in [5.74, 6) is 1.33. The van der Waals surface area contributed by atoms with E-state index in [4.69, 9.17) is 0 Å². The third-order valence-corrected chi connectivity index (χ3v) is 9.20. The molecule has 0 aromatic heterocycles. The Morgan fingerprint density at radius 3 is 2.62 bits per heavy atom. The number of nitrogens with zero attached hydrogens (tertiary/aromatic N) is 2. The highest BCUT2D eigenvalue weighted by Crippen LogP contribution is 2.43. The van der Waals surface area contributed by atoms with Crippen LogP contribution in [0.2, 0.25) is 0 Å². The van der Waals surface area contributed by atoms with Gasteiger partial charge in [0, 0.05) is 41.6 Å². The summed E-state index contributed by atoms with van der Waals surface area (Å²) in [5, 5.41) is 16.9. The fraction of sp³-hybridized carbons (Fsp3) is 0.500. The van der Waals surface area contributed by atoms with E-state index in [1.165, 1.54) is 42.8 Å². The third kappa shape index (κ3) is 5.08. The van der Waals surface area contributed by atoms with Crippen LogP contribution in [0, 0.1) is 11.8 Å². The zero-order valence-corrected chi connectivity index (χ0v) is 22.6. The number of allylic oxidation sites excluding steroid dienone is 4. The SMILES string of the molecule is CSc1ccc(C(CO)NC(=O)C2=CC=C3C(CCCN3C3=CC(C4CC4)NC(C4CC4)=C3)N2C)cc1. The number of likely N-dealkylation sites (tertiary alicyclic amines) is 1. The lowest BCUT2D eigenvalue weighted by molar-refractivity contribution is -0.120. The van der Waals surface area contributed by atoms with Crippen LogP contribution in [0.1, 0.15) is 50.1 Å². The van der Waals surface area contributed by atoms with Crippen molar-refractivity contribution in [1.29, 1.82) is 0 Å². The molecule has 196 valence electrons. The summed E-state index contributed by atoms with van der Waals surface area (Å²) in [7, 11) is 2.03. The van der Waals surface area contributed by atoms with Gasteiger partial charge in [-0.1, -0.05) is 12.1 Å². The van der Waals surface area contributed by atoms with Crippen LogP contribution < -0.4 is 10.6 Å². The van der Waals surface area contributed by atoms with Gasteiger partial charge in [0.1, 0.15) is 5.70 Å². The number of fused-ring (bicyclic) bond motifs is 1. The normalized spacial score (nSPS) is 26.2. The second-order valence-corrected chi connectivity index (χ2v) is 11.9. The Balaban J connectivity index is 1.22. The first-order chi connectivity index (χ1) is 18.1. The smallest absolute Gasteiger partial charge is 0.268 e. The predicted octanol–water partition coefficient (Wildman–Crippen LogP) is 4.30. The average Bonchev–Trinajstić information content (AvgIpc) is 3.84. The molecule has 5 aliphatic rings. The van der Waals surface area contributed by atoms with Gasteiger partial charge in [-0.15, -0.1) is 11.8 Å². The highest BCUT2D eigenvalue weighted by molar-refractivity contribution is 7.98. The number of aliphatic hydroxyl groups excluding tert-OH is 1. The molecule has 0 radical (unpaired) electrons. The lowest BCUT2D eigenvalue weighted by Gasteiger charge is -2.45. The second-order valence-electron chi connectivity index (χ2n) is 11.0. The van der Waals surface area contributed by atoms with Crippen LogP contribution in [0.5, 0.6) is 0 Å². The molecule has 0 bridgehead atoms. The molecule has 3 heterocycles. The van der Waals surface area contributed by atoms with Gasteiger partial charge in [0.05, 0.1) is 18.7 Å². The number of benzene rings is 1. The molecular weight excluding hydrogens is 480 g/mol. The Hall–Kier alpha value is -2.64. The van der Waals surface area contributed by atoms with Crippen LogP contribution in [0.3, 0.4) is 0 Å². The number of dihydropyridines is 1. The van der Waals surface area contributed by atoms with Crippen LogP contribution in [0.4, 0.5) is 0 Å². The summed E-state index contributed by atoms with van der Waals surface area (Å²) in [6, 6.07) is 8.20. The molecule has 6 rings (SSSR count). The van der Waals surface area contributed by atoms with Crippen LogP contribution in [0.15, 0.2) is 76.3 Å². The van der Waals surface area contributed by atoms with E-state index >= 15 is 0 Å². The fourth-order valence-corrected chi connectivity index (χ4v) is 6.34. The van der Waals surface area contributed by atoms with Crippen LogP contribution in [-0.4, -0.2) is 59.4 Å². The van der Waals surface area contributed by atoms with E-state index < -0.39 is 6.04 Å². The molecule has 3 N–H and O–H groups in total. The first kappa shape index (κ1) is 24.7. The summed E-state index contributed by atoms with van der Waals surface area (Å²) in [6.45, 7) is 0.876. The predicted molar refractivity (Wildman–Crippen MR) is 148 cm³/mol. The maximum absolute atomic E-state index is 13.4. The number of likely N-dealkylation sites (N-methyl/N-ethyl adjacent to an activating group) is 1.